The minimum Gasteiger partial charge on any atom is -0.349 e. The number of hydrogen-bond donors (Lipinski definition) is 1. The van der Waals surface area contributed by atoms with E-state index in [4.69, 9.17) is 0 Å². The normalized spacial score (nSPS) is 11.1. The molecule has 2 aromatic rings. The Morgan fingerprint density at radius 2 is 1.56 bits per heavy atom. The van der Waals surface area contributed by atoms with Crippen LogP contribution < -0.4 is 5.32 Å². The first kappa shape index (κ1) is 19.2. The van der Waals surface area contributed by atoms with E-state index in [2.05, 4.69) is 21.2 Å². The number of likely N-dealkylation sites (N-methyl/N-ethyl adjacent to an activating group) is 1. The van der Waals surface area contributed by atoms with Crippen LogP contribution in [0.15, 0.2) is 53.0 Å². The van der Waals surface area contributed by atoms with Crippen molar-refractivity contribution in [2.75, 3.05) is 19.4 Å². The Balaban J connectivity index is 2.07. The highest BCUT2D eigenvalue weighted by Gasteiger charge is 2.29. The fraction of sp³-hybridized carbons (Fsp3) is 0.300. The van der Waals surface area contributed by atoms with Crippen molar-refractivity contribution in [1.82, 2.24) is 4.90 Å². The zero-order valence-electron chi connectivity index (χ0n) is 15.0. The number of nitrogens with zero attached hydrogens (tertiary/aromatic N) is 1. The summed E-state index contributed by atoms with van der Waals surface area (Å²) in [5.41, 5.74) is 1.93. The molecule has 25 heavy (non-hydrogen) atoms. The third-order valence-electron chi connectivity index (χ3n) is 4.20. The molecule has 132 valence electrons. The lowest BCUT2D eigenvalue weighted by Gasteiger charge is -2.24. The van der Waals surface area contributed by atoms with Gasteiger partial charge in [-0.05, 0) is 49.2 Å². The summed E-state index contributed by atoms with van der Waals surface area (Å²) in [6.07, 6.45) is 0.353. The Hall–Kier alpha value is -2.14. The Morgan fingerprint density at radius 3 is 2.08 bits per heavy atom. The average molecular weight is 403 g/mol. The third-order valence-corrected chi connectivity index (χ3v) is 4.73. The maximum atomic E-state index is 12.7. The summed E-state index contributed by atoms with van der Waals surface area (Å²) in [6.45, 7) is 3.80. The van der Waals surface area contributed by atoms with E-state index in [1.165, 1.54) is 0 Å². The molecule has 0 radical (unpaired) electrons. The first-order valence-corrected chi connectivity index (χ1v) is 8.86. The molecular weight excluding hydrogens is 380 g/mol. The van der Waals surface area contributed by atoms with Gasteiger partial charge in [0, 0.05) is 24.3 Å². The van der Waals surface area contributed by atoms with E-state index in [0.717, 1.165) is 21.3 Å². The predicted molar refractivity (Wildman–Crippen MR) is 105 cm³/mol. The van der Waals surface area contributed by atoms with Crippen molar-refractivity contribution in [3.63, 3.8) is 0 Å². The zero-order chi connectivity index (χ0) is 18.6. The summed E-state index contributed by atoms with van der Waals surface area (Å²) < 4.78 is 0.982. The molecule has 0 aromatic heterocycles. The summed E-state index contributed by atoms with van der Waals surface area (Å²) >= 11 is 3.41. The molecule has 0 unspecified atom stereocenters. The van der Waals surface area contributed by atoms with Crippen LogP contribution in [0.4, 0.5) is 5.69 Å². The minimum absolute atomic E-state index is 0.0492. The zero-order valence-corrected chi connectivity index (χ0v) is 16.6. The highest BCUT2D eigenvalue weighted by atomic mass is 79.9. The summed E-state index contributed by atoms with van der Waals surface area (Å²) in [5, 5.41) is 2.95. The van der Waals surface area contributed by atoms with Crippen LogP contribution in [0.5, 0.6) is 0 Å². The molecule has 0 aliphatic heterocycles. The van der Waals surface area contributed by atoms with Gasteiger partial charge in [0.15, 0.2) is 0 Å². The molecule has 2 rings (SSSR count). The first-order chi connectivity index (χ1) is 11.7. The second-order valence-corrected chi connectivity index (χ2v) is 7.66. The van der Waals surface area contributed by atoms with Gasteiger partial charge in [0.05, 0.1) is 11.8 Å². The van der Waals surface area contributed by atoms with Crippen molar-refractivity contribution in [3.8, 4) is 0 Å². The van der Waals surface area contributed by atoms with E-state index in [9.17, 15) is 9.59 Å². The van der Waals surface area contributed by atoms with Crippen LogP contribution in [0.3, 0.4) is 0 Å². The molecular formula is C20H23BrN2O2. The second-order valence-electron chi connectivity index (χ2n) is 6.75. The Labute approximate surface area is 157 Å². The summed E-state index contributed by atoms with van der Waals surface area (Å²) in [7, 11) is 3.47. The van der Waals surface area contributed by atoms with Gasteiger partial charge in [0.2, 0.25) is 11.8 Å². The van der Waals surface area contributed by atoms with E-state index >= 15 is 0 Å². The van der Waals surface area contributed by atoms with Gasteiger partial charge in [-0.1, -0.05) is 40.2 Å². The highest BCUT2D eigenvalue weighted by Crippen LogP contribution is 2.26. The molecule has 0 saturated carbocycles. The number of nitrogens with one attached hydrogen (secondary N) is 1. The van der Waals surface area contributed by atoms with Crippen molar-refractivity contribution < 1.29 is 9.59 Å². The van der Waals surface area contributed by atoms with Crippen molar-refractivity contribution in [3.05, 3.63) is 64.1 Å². The van der Waals surface area contributed by atoms with Gasteiger partial charge in [-0.3, -0.25) is 9.59 Å². The topological polar surface area (TPSA) is 49.4 Å². The van der Waals surface area contributed by atoms with E-state index in [-0.39, 0.29) is 11.8 Å². The number of carbonyl (C=O) groups excluding carboxylic acids is 2. The largest absolute Gasteiger partial charge is 0.349 e. The molecule has 0 bridgehead atoms. The minimum atomic E-state index is -0.653. The molecule has 2 amide bonds. The van der Waals surface area contributed by atoms with Crippen molar-refractivity contribution in [1.29, 1.82) is 0 Å². The summed E-state index contributed by atoms with van der Waals surface area (Å²) in [5.74, 6) is -0.0277. The fourth-order valence-corrected chi connectivity index (χ4v) is 2.59. The molecule has 4 nitrogen and oxygen atoms in total. The molecule has 5 heteroatoms. The smallest absolute Gasteiger partial charge is 0.234 e. The van der Waals surface area contributed by atoms with Gasteiger partial charge in [-0.15, -0.1) is 0 Å². The number of hydrogen-bond acceptors (Lipinski definition) is 2. The number of carbonyl (C=O) groups is 2. The van der Waals surface area contributed by atoms with Gasteiger partial charge in [-0.2, -0.15) is 0 Å². The van der Waals surface area contributed by atoms with Crippen LogP contribution in [0.2, 0.25) is 0 Å². The quantitative estimate of drug-likeness (QED) is 0.821. The van der Waals surface area contributed by atoms with Gasteiger partial charge >= 0.3 is 0 Å². The molecule has 1 N–H and O–H groups in total. The van der Waals surface area contributed by atoms with E-state index in [1.54, 1.807) is 19.0 Å². The Kier molecular flexibility index (Phi) is 6.01. The standard InChI is InChI=1S/C20H23BrN2O2/c1-20(2,15-7-9-16(21)10-8-15)19(25)22-17-11-5-14(6-12-17)13-18(24)23(3)4/h5-12H,13H2,1-4H3,(H,22,25). The lowest BCUT2D eigenvalue weighted by Crippen LogP contribution is -2.34. The summed E-state index contributed by atoms with van der Waals surface area (Å²) in [4.78, 5) is 26.0. The molecule has 0 heterocycles. The van der Waals surface area contributed by atoms with Crippen LogP contribution in [0, 0.1) is 0 Å². The lowest BCUT2D eigenvalue weighted by atomic mass is 9.83. The molecule has 0 aliphatic carbocycles. The molecule has 2 aromatic carbocycles. The van der Waals surface area contributed by atoms with Crippen LogP contribution in [0.1, 0.15) is 25.0 Å². The van der Waals surface area contributed by atoms with E-state index in [1.807, 2.05) is 62.4 Å². The fourth-order valence-electron chi connectivity index (χ4n) is 2.32. The van der Waals surface area contributed by atoms with Crippen molar-refractivity contribution >= 4 is 33.4 Å². The van der Waals surface area contributed by atoms with Gasteiger partial charge in [0.1, 0.15) is 0 Å². The van der Waals surface area contributed by atoms with Crippen LogP contribution in [-0.2, 0) is 21.4 Å². The molecule has 0 atom stereocenters. The Morgan fingerprint density at radius 1 is 1.00 bits per heavy atom. The molecule has 0 saturated heterocycles. The number of benzene rings is 2. The molecule has 0 spiro atoms. The van der Waals surface area contributed by atoms with E-state index < -0.39 is 5.41 Å². The highest BCUT2D eigenvalue weighted by molar-refractivity contribution is 9.10. The third kappa shape index (κ3) is 4.92. The molecule has 0 aliphatic rings. The average Bonchev–Trinajstić information content (AvgIpc) is 2.56. The lowest BCUT2D eigenvalue weighted by molar-refractivity contribution is -0.128. The van der Waals surface area contributed by atoms with Crippen LogP contribution in [0.25, 0.3) is 0 Å². The SMILES string of the molecule is CN(C)C(=O)Cc1ccc(NC(=O)C(C)(C)c2ccc(Br)cc2)cc1. The second kappa shape index (κ2) is 7.83. The molecule has 0 fully saturated rings. The first-order valence-electron chi connectivity index (χ1n) is 8.07. The van der Waals surface area contributed by atoms with Gasteiger partial charge in [-0.25, -0.2) is 0 Å². The number of rotatable bonds is 5. The maximum absolute atomic E-state index is 12.7. The number of anilines is 1. The van der Waals surface area contributed by atoms with Crippen LogP contribution >= 0.6 is 15.9 Å². The Bertz CT molecular complexity index is 750. The summed E-state index contributed by atoms with van der Waals surface area (Å²) in [6, 6.07) is 15.1. The van der Waals surface area contributed by atoms with Gasteiger partial charge in [0.25, 0.3) is 0 Å². The predicted octanol–water partition coefficient (Wildman–Crippen LogP) is 4.00. The number of amides is 2. The van der Waals surface area contributed by atoms with E-state index in [0.29, 0.717) is 6.42 Å². The van der Waals surface area contributed by atoms with Crippen molar-refractivity contribution in [2.24, 2.45) is 0 Å². The number of halogens is 1. The maximum Gasteiger partial charge on any atom is 0.234 e. The monoisotopic (exact) mass is 402 g/mol. The van der Waals surface area contributed by atoms with Crippen LogP contribution in [-0.4, -0.2) is 30.8 Å². The van der Waals surface area contributed by atoms with Crippen molar-refractivity contribution in [2.45, 2.75) is 25.7 Å². The van der Waals surface area contributed by atoms with Gasteiger partial charge < -0.3 is 10.2 Å².